The third kappa shape index (κ3) is 4.21. The highest BCUT2D eigenvalue weighted by Crippen LogP contribution is 2.22. The second kappa shape index (κ2) is 6.52. The normalized spacial score (nSPS) is 10.5. The van der Waals surface area contributed by atoms with Crippen LogP contribution in [-0.2, 0) is 0 Å². The molecule has 2 rings (SSSR count). The molecular formula is C14H12F3NS. The summed E-state index contributed by atoms with van der Waals surface area (Å²) in [5.41, 5.74) is 0.667. The number of hydrogen-bond donors (Lipinski definition) is 1. The Kier molecular flexibility index (Phi) is 4.74. The molecule has 0 heterocycles. The third-order valence-corrected chi connectivity index (χ3v) is 3.44. The van der Waals surface area contributed by atoms with Crippen molar-refractivity contribution in [2.45, 2.75) is 4.90 Å². The first kappa shape index (κ1) is 13.8. The standard InChI is InChI=1S/C14H12F3NS/c15-10-2-1-3-12(8-10)18-6-7-19-14-9-11(16)4-5-13(14)17/h1-5,8-9,18H,6-7H2. The number of benzene rings is 2. The Balaban J connectivity index is 1.82. The van der Waals surface area contributed by atoms with E-state index in [0.717, 1.165) is 12.1 Å². The molecule has 0 fully saturated rings. The predicted octanol–water partition coefficient (Wildman–Crippen LogP) is 4.31. The van der Waals surface area contributed by atoms with Crippen molar-refractivity contribution >= 4 is 17.4 Å². The monoisotopic (exact) mass is 283 g/mol. The van der Waals surface area contributed by atoms with E-state index in [0.29, 0.717) is 18.0 Å². The van der Waals surface area contributed by atoms with Crippen molar-refractivity contribution in [1.82, 2.24) is 0 Å². The van der Waals surface area contributed by atoms with Crippen molar-refractivity contribution in [1.29, 1.82) is 0 Å². The average Bonchev–Trinajstić information content (AvgIpc) is 2.39. The van der Waals surface area contributed by atoms with E-state index in [2.05, 4.69) is 5.32 Å². The molecule has 2 aromatic carbocycles. The van der Waals surface area contributed by atoms with Crippen LogP contribution in [-0.4, -0.2) is 12.3 Å². The van der Waals surface area contributed by atoms with E-state index in [1.165, 1.54) is 30.0 Å². The Morgan fingerprint density at radius 3 is 2.53 bits per heavy atom. The molecule has 0 unspecified atom stereocenters. The lowest BCUT2D eigenvalue weighted by molar-refractivity contribution is 0.577. The van der Waals surface area contributed by atoms with Crippen LogP contribution in [0, 0.1) is 17.5 Å². The maximum atomic E-state index is 13.3. The van der Waals surface area contributed by atoms with E-state index in [-0.39, 0.29) is 10.7 Å². The van der Waals surface area contributed by atoms with Gasteiger partial charge >= 0.3 is 0 Å². The van der Waals surface area contributed by atoms with Crippen molar-refractivity contribution in [3.8, 4) is 0 Å². The number of hydrogen-bond acceptors (Lipinski definition) is 2. The quantitative estimate of drug-likeness (QED) is 0.648. The van der Waals surface area contributed by atoms with E-state index < -0.39 is 11.6 Å². The molecule has 0 aliphatic heterocycles. The van der Waals surface area contributed by atoms with Gasteiger partial charge in [-0.25, -0.2) is 13.2 Å². The zero-order valence-corrected chi connectivity index (χ0v) is 10.8. The Labute approximate surface area is 113 Å². The van der Waals surface area contributed by atoms with Crippen LogP contribution in [0.4, 0.5) is 18.9 Å². The van der Waals surface area contributed by atoms with E-state index in [4.69, 9.17) is 0 Å². The fourth-order valence-corrected chi connectivity index (χ4v) is 2.37. The fourth-order valence-electron chi connectivity index (χ4n) is 1.54. The Hall–Kier alpha value is -1.62. The molecule has 0 aromatic heterocycles. The number of halogens is 3. The molecule has 19 heavy (non-hydrogen) atoms. The van der Waals surface area contributed by atoms with Gasteiger partial charge in [-0.05, 0) is 36.4 Å². The van der Waals surface area contributed by atoms with Gasteiger partial charge in [-0.1, -0.05) is 6.07 Å². The van der Waals surface area contributed by atoms with Crippen LogP contribution >= 0.6 is 11.8 Å². The number of rotatable bonds is 5. The second-order valence-electron chi connectivity index (χ2n) is 3.86. The molecular weight excluding hydrogens is 271 g/mol. The molecule has 1 nitrogen and oxygen atoms in total. The van der Waals surface area contributed by atoms with Gasteiger partial charge in [0, 0.05) is 22.9 Å². The van der Waals surface area contributed by atoms with Crippen LogP contribution in [0.5, 0.6) is 0 Å². The van der Waals surface area contributed by atoms with Crippen LogP contribution < -0.4 is 5.32 Å². The molecule has 0 saturated carbocycles. The highest BCUT2D eigenvalue weighted by atomic mass is 32.2. The molecule has 0 saturated heterocycles. The van der Waals surface area contributed by atoms with E-state index in [9.17, 15) is 13.2 Å². The Morgan fingerprint density at radius 2 is 1.74 bits per heavy atom. The third-order valence-electron chi connectivity index (χ3n) is 2.41. The zero-order valence-electron chi connectivity index (χ0n) is 10.00. The van der Waals surface area contributed by atoms with Gasteiger partial charge < -0.3 is 5.32 Å². The lowest BCUT2D eigenvalue weighted by Gasteiger charge is -2.07. The summed E-state index contributed by atoms with van der Waals surface area (Å²) in [6.07, 6.45) is 0. The van der Waals surface area contributed by atoms with Crippen molar-refractivity contribution in [3.63, 3.8) is 0 Å². The summed E-state index contributed by atoms with van der Waals surface area (Å²) in [5, 5.41) is 3.01. The van der Waals surface area contributed by atoms with Crippen molar-refractivity contribution in [2.24, 2.45) is 0 Å². The van der Waals surface area contributed by atoms with Gasteiger partial charge in [-0.3, -0.25) is 0 Å². The minimum atomic E-state index is -0.456. The first-order valence-corrected chi connectivity index (χ1v) is 6.71. The largest absolute Gasteiger partial charge is 0.384 e. The summed E-state index contributed by atoms with van der Waals surface area (Å²) >= 11 is 1.21. The van der Waals surface area contributed by atoms with Gasteiger partial charge in [0.05, 0.1) is 0 Å². The van der Waals surface area contributed by atoms with Gasteiger partial charge in [-0.2, -0.15) is 0 Å². The first-order valence-electron chi connectivity index (χ1n) is 5.72. The SMILES string of the molecule is Fc1cccc(NCCSc2cc(F)ccc2F)c1. The summed E-state index contributed by atoms with van der Waals surface area (Å²) in [6.45, 7) is 0.532. The van der Waals surface area contributed by atoms with E-state index in [1.54, 1.807) is 12.1 Å². The zero-order chi connectivity index (χ0) is 13.7. The van der Waals surface area contributed by atoms with Crippen LogP contribution in [0.15, 0.2) is 47.4 Å². The van der Waals surface area contributed by atoms with Crippen molar-refractivity contribution in [2.75, 3.05) is 17.6 Å². The Morgan fingerprint density at radius 1 is 0.947 bits per heavy atom. The lowest BCUT2D eigenvalue weighted by Crippen LogP contribution is -2.04. The molecule has 0 amide bonds. The molecule has 0 bridgehead atoms. The van der Waals surface area contributed by atoms with Crippen LogP contribution in [0.3, 0.4) is 0 Å². The molecule has 0 aliphatic rings. The molecule has 5 heteroatoms. The first-order chi connectivity index (χ1) is 9.15. The summed E-state index contributed by atoms with van der Waals surface area (Å²) in [5.74, 6) is -0.648. The van der Waals surface area contributed by atoms with Gasteiger partial charge in [0.15, 0.2) is 0 Å². The van der Waals surface area contributed by atoms with Gasteiger partial charge in [0.1, 0.15) is 17.5 Å². The van der Waals surface area contributed by atoms with Crippen molar-refractivity contribution in [3.05, 3.63) is 59.9 Å². The van der Waals surface area contributed by atoms with E-state index in [1.807, 2.05) is 0 Å². The Bertz CT molecular complexity index is 560. The highest BCUT2D eigenvalue weighted by molar-refractivity contribution is 7.99. The lowest BCUT2D eigenvalue weighted by atomic mass is 10.3. The van der Waals surface area contributed by atoms with Crippen molar-refractivity contribution < 1.29 is 13.2 Å². The minimum absolute atomic E-state index is 0.279. The summed E-state index contributed by atoms with van der Waals surface area (Å²) < 4.78 is 39.1. The van der Waals surface area contributed by atoms with Crippen LogP contribution in [0.25, 0.3) is 0 Å². The van der Waals surface area contributed by atoms with Gasteiger partial charge in [0.2, 0.25) is 0 Å². The number of anilines is 1. The fraction of sp³-hybridized carbons (Fsp3) is 0.143. The second-order valence-corrected chi connectivity index (χ2v) is 5.00. The maximum Gasteiger partial charge on any atom is 0.136 e. The van der Waals surface area contributed by atoms with Crippen LogP contribution in [0.1, 0.15) is 0 Å². The topological polar surface area (TPSA) is 12.0 Å². The van der Waals surface area contributed by atoms with Crippen LogP contribution in [0.2, 0.25) is 0 Å². The van der Waals surface area contributed by atoms with E-state index >= 15 is 0 Å². The minimum Gasteiger partial charge on any atom is -0.384 e. The summed E-state index contributed by atoms with van der Waals surface area (Å²) in [7, 11) is 0. The molecule has 1 N–H and O–H groups in total. The molecule has 0 spiro atoms. The molecule has 2 aromatic rings. The number of nitrogens with one attached hydrogen (secondary N) is 1. The average molecular weight is 283 g/mol. The summed E-state index contributed by atoms with van der Waals surface area (Å²) in [6, 6.07) is 9.47. The maximum absolute atomic E-state index is 13.3. The molecule has 100 valence electrons. The molecule has 0 aliphatic carbocycles. The van der Waals surface area contributed by atoms with Gasteiger partial charge in [-0.15, -0.1) is 11.8 Å². The molecule has 0 radical (unpaired) electrons. The highest BCUT2D eigenvalue weighted by Gasteiger charge is 2.04. The van der Waals surface area contributed by atoms with Gasteiger partial charge in [0.25, 0.3) is 0 Å². The number of thioether (sulfide) groups is 1. The summed E-state index contributed by atoms with van der Waals surface area (Å²) in [4.78, 5) is 0.279. The molecule has 0 atom stereocenters. The smallest absolute Gasteiger partial charge is 0.136 e. The predicted molar refractivity (Wildman–Crippen MR) is 72.0 cm³/mol.